The third-order valence-electron chi connectivity index (χ3n) is 2.87. The van der Waals surface area contributed by atoms with E-state index in [1.165, 1.54) is 17.3 Å². The highest BCUT2D eigenvalue weighted by Crippen LogP contribution is 2.44. The van der Waals surface area contributed by atoms with Gasteiger partial charge in [-0.15, -0.1) is 23.4 Å². The summed E-state index contributed by atoms with van der Waals surface area (Å²) in [5.41, 5.74) is 7.91. The maximum Gasteiger partial charge on any atom is 0.134 e. The quantitative estimate of drug-likeness (QED) is 0.776. The summed E-state index contributed by atoms with van der Waals surface area (Å²) in [6, 6.07) is 0. The van der Waals surface area contributed by atoms with E-state index in [-0.39, 0.29) is 5.54 Å². The van der Waals surface area contributed by atoms with Crippen LogP contribution in [0.5, 0.6) is 0 Å². The molecule has 0 aromatic carbocycles. The van der Waals surface area contributed by atoms with Crippen LogP contribution in [-0.4, -0.2) is 22.5 Å². The van der Waals surface area contributed by atoms with Gasteiger partial charge < -0.3 is 11.1 Å². The molecule has 0 heterocycles. The summed E-state index contributed by atoms with van der Waals surface area (Å²) >= 11 is 14.2. The average Bonchev–Trinajstić information content (AvgIpc) is 2.24. The Morgan fingerprint density at radius 2 is 2.11 bits per heavy atom. The van der Waals surface area contributed by atoms with Crippen LogP contribution < -0.4 is 11.1 Å². The number of nitrogens with two attached hydrogens (primary N) is 1. The largest absolute Gasteiger partial charge is 0.399 e. The molecule has 0 aromatic heterocycles. The Bertz CT molecular complexity index is 372. The third kappa shape index (κ3) is 4.37. The molecular weight excluding hydrogens is 287 g/mol. The molecule has 18 heavy (non-hydrogen) atoms. The second-order valence-corrected chi connectivity index (χ2v) is 7.98. The minimum absolute atomic E-state index is 0.130. The summed E-state index contributed by atoms with van der Waals surface area (Å²) in [5.74, 6) is 0. The molecule has 0 aromatic rings. The Balaban J connectivity index is 2.67. The van der Waals surface area contributed by atoms with Crippen molar-refractivity contribution in [3.63, 3.8) is 0 Å². The fourth-order valence-corrected chi connectivity index (χ4v) is 3.17. The third-order valence-corrected chi connectivity index (χ3v) is 4.99. The van der Waals surface area contributed by atoms with Crippen LogP contribution in [0.4, 0.5) is 0 Å². The van der Waals surface area contributed by atoms with Gasteiger partial charge in [0.25, 0.3) is 0 Å². The van der Waals surface area contributed by atoms with Gasteiger partial charge in [0.2, 0.25) is 0 Å². The van der Waals surface area contributed by atoms with Crippen molar-refractivity contribution < 1.29 is 0 Å². The van der Waals surface area contributed by atoms with E-state index in [1.54, 1.807) is 0 Å². The highest BCUT2D eigenvalue weighted by Gasteiger charge is 2.35. The summed E-state index contributed by atoms with van der Waals surface area (Å²) in [6.07, 6.45) is 5.61. The van der Waals surface area contributed by atoms with E-state index in [0.717, 1.165) is 19.4 Å². The van der Waals surface area contributed by atoms with Crippen molar-refractivity contribution in [1.29, 1.82) is 0 Å². The van der Waals surface area contributed by atoms with Gasteiger partial charge in [-0.05, 0) is 46.1 Å². The van der Waals surface area contributed by atoms with Crippen LogP contribution >= 0.6 is 35.0 Å². The van der Waals surface area contributed by atoms with Gasteiger partial charge in [0.05, 0.1) is 10.7 Å². The first-order valence-electron chi connectivity index (χ1n) is 6.02. The van der Waals surface area contributed by atoms with E-state index in [2.05, 4.69) is 26.1 Å². The standard InChI is InChI=1S/C13H22Cl2N2S/c1-12(2,3)17-6-5-9-7-10(14)11(16)13(15,8-9)18-4/h7,17H,5-6,8,16H2,1-4H3. The molecule has 0 radical (unpaired) electrons. The van der Waals surface area contributed by atoms with Gasteiger partial charge in [-0.2, -0.15) is 0 Å². The molecule has 104 valence electrons. The molecule has 0 saturated carbocycles. The molecule has 0 fully saturated rings. The molecule has 1 aliphatic carbocycles. The molecule has 2 nitrogen and oxygen atoms in total. The van der Waals surface area contributed by atoms with E-state index >= 15 is 0 Å². The number of hydrogen-bond acceptors (Lipinski definition) is 3. The highest BCUT2D eigenvalue weighted by molar-refractivity contribution is 8.01. The minimum Gasteiger partial charge on any atom is -0.399 e. The smallest absolute Gasteiger partial charge is 0.134 e. The molecule has 0 saturated heterocycles. The van der Waals surface area contributed by atoms with Crippen molar-refractivity contribution in [2.45, 2.75) is 43.4 Å². The zero-order valence-corrected chi connectivity index (χ0v) is 13.8. The van der Waals surface area contributed by atoms with E-state index < -0.39 is 4.21 Å². The molecule has 0 aliphatic heterocycles. The summed E-state index contributed by atoms with van der Waals surface area (Å²) in [7, 11) is 0. The second kappa shape index (κ2) is 6.08. The van der Waals surface area contributed by atoms with Crippen molar-refractivity contribution in [3.05, 3.63) is 22.4 Å². The van der Waals surface area contributed by atoms with Crippen molar-refractivity contribution in [2.75, 3.05) is 12.8 Å². The van der Waals surface area contributed by atoms with E-state index in [0.29, 0.717) is 10.7 Å². The van der Waals surface area contributed by atoms with Crippen LogP contribution in [-0.2, 0) is 0 Å². The topological polar surface area (TPSA) is 38.0 Å². The number of hydrogen-bond donors (Lipinski definition) is 2. The van der Waals surface area contributed by atoms with Gasteiger partial charge in [0.1, 0.15) is 4.21 Å². The molecule has 1 atom stereocenters. The molecule has 0 spiro atoms. The Morgan fingerprint density at radius 3 is 2.61 bits per heavy atom. The van der Waals surface area contributed by atoms with E-state index in [4.69, 9.17) is 28.9 Å². The molecule has 5 heteroatoms. The number of rotatable bonds is 4. The lowest BCUT2D eigenvalue weighted by Gasteiger charge is -2.31. The highest BCUT2D eigenvalue weighted by atomic mass is 35.5. The van der Waals surface area contributed by atoms with E-state index in [1.807, 2.05) is 12.3 Å². The van der Waals surface area contributed by atoms with E-state index in [9.17, 15) is 0 Å². The Labute approximate surface area is 124 Å². The number of allylic oxidation sites excluding steroid dienone is 2. The summed E-state index contributed by atoms with van der Waals surface area (Å²) in [6.45, 7) is 7.38. The van der Waals surface area contributed by atoms with Crippen LogP contribution in [0.1, 0.15) is 33.6 Å². The summed E-state index contributed by atoms with van der Waals surface area (Å²) in [4.78, 5) is 0. The Kier molecular flexibility index (Phi) is 5.48. The average molecular weight is 309 g/mol. The van der Waals surface area contributed by atoms with Gasteiger partial charge in [-0.25, -0.2) is 0 Å². The molecular formula is C13H22Cl2N2S. The molecule has 3 N–H and O–H groups in total. The summed E-state index contributed by atoms with van der Waals surface area (Å²) in [5, 5.41) is 4.04. The molecule has 0 amide bonds. The number of alkyl halides is 1. The second-order valence-electron chi connectivity index (χ2n) is 5.60. The van der Waals surface area contributed by atoms with Crippen molar-refractivity contribution in [2.24, 2.45) is 5.73 Å². The fourth-order valence-electron chi connectivity index (χ4n) is 1.81. The number of halogens is 2. The van der Waals surface area contributed by atoms with Gasteiger partial charge >= 0.3 is 0 Å². The SMILES string of the molecule is CSC1(Cl)CC(CCNC(C)(C)C)=CC(Cl)=C1N. The Morgan fingerprint density at radius 1 is 1.50 bits per heavy atom. The minimum atomic E-state index is -0.580. The maximum atomic E-state index is 6.50. The van der Waals surface area contributed by atoms with Gasteiger partial charge in [-0.3, -0.25) is 0 Å². The maximum absolute atomic E-state index is 6.50. The zero-order valence-electron chi connectivity index (χ0n) is 11.4. The van der Waals surface area contributed by atoms with Crippen LogP contribution in [0.25, 0.3) is 0 Å². The zero-order chi connectivity index (χ0) is 14.0. The first-order chi connectivity index (χ1) is 8.18. The van der Waals surface area contributed by atoms with Crippen LogP contribution in [0, 0.1) is 0 Å². The number of thioether (sulfide) groups is 1. The predicted molar refractivity (Wildman–Crippen MR) is 84.2 cm³/mol. The molecule has 1 rings (SSSR count). The molecule has 0 bridgehead atoms. The summed E-state index contributed by atoms with van der Waals surface area (Å²) < 4.78 is -0.580. The van der Waals surface area contributed by atoms with Crippen LogP contribution in [0.2, 0.25) is 0 Å². The van der Waals surface area contributed by atoms with Gasteiger partial charge in [-0.1, -0.05) is 17.2 Å². The van der Waals surface area contributed by atoms with Crippen LogP contribution in [0.15, 0.2) is 22.4 Å². The lowest BCUT2D eigenvalue weighted by Crippen LogP contribution is -2.37. The fraction of sp³-hybridized carbons (Fsp3) is 0.692. The first kappa shape index (κ1) is 16.2. The lowest BCUT2D eigenvalue weighted by molar-refractivity contribution is 0.427. The van der Waals surface area contributed by atoms with Gasteiger partial charge in [0.15, 0.2) is 0 Å². The normalized spacial score (nSPS) is 25.3. The monoisotopic (exact) mass is 308 g/mol. The van der Waals surface area contributed by atoms with Crippen molar-refractivity contribution >= 4 is 35.0 Å². The van der Waals surface area contributed by atoms with Gasteiger partial charge in [0, 0.05) is 12.0 Å². The molecule has 1 aliphatic rings. The Hall–Kier alpha value is 0.170. The number of nitrogens with one attached hydrogen (secondary N) is 1. The predicted octanol–water partition coefficient (Wildman–Crippen LogP) is 3.80. The lowest BCUT2D eigenvalue weighted by atomic mass is 9.98. The molecule has 1 unspecified atom stereocenters. The van der Waals surface area contributed by atoms with Crippen LogP contribution in [0.3, 0.4) is 0 Å². The first-order valence-corrected chi connectivity index (χ1v) is 8.00. The van der Waals surface area contributed by atoms with Crippen molar-refractivity contribution in [3.8, 4) is 0 Å². The van der Waals surface area contributed by atoms with Crippen molar-refractivity contribution in [1.82, 2.24) is 5.32 Å².